The average molecular weight is 572 g/mol. The van der Waals surface area contributed by atoms with E-state index >= 15 is 0 Å². The van der Waals surface area contributed by atoms with Crippen LogP contribution >= 0.6 is 0 Å². The van der Waals surface area contributed by atoms with E-state index in [4.69, 9.17) is 11.5 Å². The fourth-order valence-electron chi connectivity index (χ4n) is 4.00. The number of phenols is 1. The molecule has 0 aliphatic carbocycles. The number of rotatable bonds is 17. The van der Waals surface area contributed by atoms with Crippen molar-refractivity contribution in [2.45, 2.75) is 62.7 Å². The molecule has 13 nitrogen and oxygen atoms in total. The lowest BCUT2D eigenvalue weighted by Gasteiger charge is -2.25. The topological polar surface area (TPSA) is 234 Å². The molecule has 13 heteroatoms. The molecule has 2 aromatic rings. The Labute approximate surface area is 237 Å². The lowest BCUT2D eigenvalue weighted by atomic mass is 10.0. The number of nitrogens with two attached hydrogens (primary N) is 2. The quantitative estimate of drug-likeness (QED) is 0.115. The highest BCUT2D eigenvalue weighted by Gasteiger charge is 2.31. The van der Waals surface area contributed by atoms with Crippen LogP contribution in [0.4, 0.5) is 0 Å². The molecule has 4 unspecified atom stereocenters. The van der Waals surface area contributed by atoms with Gasteiger partial charge in [0.25, 0.3) is 0 Å². The molecular weight excluding hydrogens is 534 g/mol. The van der Waals surface area contributed by atoms with E-state index in [-0.39, 0.29) is 25.0 Å². The zero-order valence-electron chi connectivity index (χ0n) is 22.5. The van der Waals surface area contributed by atoms with Gasteiger partial charge in [0.1, 0.15) is 23.9 Å². The molecule has 0 aromatic heterocycles. The summed E-state index contributed by atoms with van der Waals surface area (Å²) in [6, 6.07) is 9.58. The third kappa shape index (κ3) is 11.6. The number of carboxylic acid groups (broad SMARTS) is 2. The van der Waals surface area contributed by atoms with E-state index in [0.717, 1.165) is 0 Å². The molecule has 0 saturated carbocycles. The molecule has 4 atom stereocenters. The second kappa shape index (κ2) is 16.6. The van der Waals surface area contributed by atoms with E-state index in [1.807, 2.05) is 0 Å². The van der Waals surface area contributed by atoms with Crippen LogP contribution in [0.1, 0.15) is 36.8 Å². The van der Waals surface area contributed by atoms with Gasteiger partial charge < -0.3 is 42.7 Å². The number of carbonyl (C=O) groups is 5. The summed E-state index contributed by atoms with van der Waals surface area (Å²) in [5.74, 6) is -5.17. The van der Waals surface area contributed by atoms with E-state index in [9.17, 15) is 39.3 Å². The zero-order valence-corrected chi connectivity index (χ0v) is 22.5. The first-order valence-electron chi connectivity index (χ1n) is 13.1. The van der Waals surface area contributed by atoms with Crippen LogP contribution in [0, 0.1) is 0 Å². The molecule has 2 aromatic carbocycles. The molecule has 0 bridgehead atoms. The Morgan fingerprint density at radius 3 is 1.85 bits per heavy atom. The number of benzene rings is 2. The van der Waals surface area contributed by atoms with Crippen LogP contribution in [-0.2, 0) is 36.8 Å². The van der Waals surface area contributed by atoms with Crippen molar-refractivity contribution in [1.82, 2.24) is 16.0 Å². The summed E-state index contributed by atoms with van der Waals surface area (Å²) in [7, 11) is 0. The van der Waals surface area contributed by atoms with Gasteiger partial charge in [-0.3, -0.25) is 19.2 Å². The van der Waals surface area contributed by atoms with Crippen molar-refractivity contribution in [2.75, 3.05) is 6.54 Å². The predicted molar refractivity (Wildman–Crippen MR) is 149 cm³/mol. The molecule has 0 fully saturated rings. The van der Waals surface area contributed by atoms with Crippen LogP contribution in [0.5, 0.6) is 5.75 Å². The van der Waals surface area contributed by atoms with Crippen molar-refractivity contribution in [3.8, 4) is 5.75 Å². The number of phenolic OH excluding ortho intramolecular Hbond substituents is 1. The summed E-state index contributed by atoms with van der Waals surface area (Å²) in [6.07, 6.45) is 0.305. The van der Waals surface area contributed by atoms with Crippen molar-refractivity contribution < 1.29 is 39.3 Å². The van der Waals surface area contributed by atoms with E-state index in [1.54, 1.807) is 42.5 Å². The number of hydrogen-bond acceptors (Lipinski definition) is 8. The maximum atomic E-state index is 13.3. The molecule has 2 rings (SSSR count). The molecule has 0 spiro atoms. The Hall–Kier alpha value is -4.49. The largest absolute Gasteiger partial charge is 0.508 e. The number of amides is 3. The summed E-state index contributed by atoms with van der Waals surface area (Å²) in [5, 5.41) is 35.5. The van der Waals surface area contributed by atoms with Crippen molar-refractivity contribution >= 4 is 29.7 Å². The molecule has 10 N–H and O–H groups in total. The Morgan fingerprint density at radius 1 is 0.707 bits per heavy atom. The van der Waals surface area contributed by atoms with E-state index in [1.165, 1.54) is 12.1 Å². The fourth-order valence-corrected chi connectivity index (χ4v) is 4.00. The Bertz CT molecular complexity index is 1180. The van der Waals surface area contributed by atoms with Crippen molar-refractivity contribution in [3.05, 3.63) is 65.7 Å². The minimum Gasteiger partial charge on any atom is -0.508 e. The lowest BCUT2D eigenvalue weighted by Crippen LogP contribution is -2.58. The molecule has 0 aliphatic rings. The van der Waals surface area contributed by atoms with Crippen LogP contribution < -0.4 is 27.4 Å². The monoisotopic (exact) mass is 571 g/mol. The van der Waals surface area contributed by atoms with Gasteiger partial charge in [-0.1, -0.05) is 42.5 Å². The number of aliphatic carboxylic acids is 2. The van der Waals surface area contributed by atoms with Crippen LogP contribution in [0.15, 0.2) is 54.6 Å². The highest BCUT2D eigenvalue weighted by Crippen LogP contribution is 2.12. The van der Waals surface area contributed by atoms with Crippen LogP contribution in [-0.4, -0.2) is 75.7 Å². The molecule has 222 valence electrons. The van der Waals surface area contributed by atoms with Gasteiger partial charge in [0, 0.05) is 6.42 Å². The molecular formula is C28H37N5O8. The van der Waals surface area contributed by atoms with E-state index in [0.29, 0.717) is 30.5 Å². The number of aromatic hydroxyl groups is 1. The molecule has 0 heterocycles. The SMILES string of the molecule is NCCCCC(NC(=O)C(CC(=O)O)NC(=O)C(Cc1ccccc1)NC(=O)C(N)Cc1ccc(O)cc1)C(=O)O. The van der Waals surface area contributed by atoms with Gasteiger partial charge in [0.15, 0.2) is 0 Å². The average Bonchev–Trinajstić information content (AvgIpc) is 2.93. The standard InChI is InChI=1S/C28H37N5O8/c29-13-5-4-8-21(28(40)41)31-27(39)23(16-24(35)36)33-26(38)22(15-17-6-2-1-3-7-17)32-25(37)20(30)14-18-9-11-19(34)12-10-18/h1-3,6-7,9-12,20-23,34H,4-5,8,13-16,29-30H2,(H,31,39)(H,32,37)(H,33,38)(H,35,36)(H,40,41). The summed E-state index contributed by atoms with van der Waals surface area (Å²) < 4.78 is 0. The van der Waals surface area contributed by atoms with E-state index < -0.39 is 60.2 Å². The molecule has 0 aliphatic heterocycles. The number of unbranched alkanes of at least 4 members (excludes halogenated alkanes) is 1. The first-order valence-corrected chi connectivity index (χ1v) is 13.1. The van der Waals surface area contributed by atoms with Gasteiger partial charge in [0.05, 0.1) is 12.5 Å². The summed E-state index contributed by atoms with van der Waals surface area (Å²) in [4.78, 5) is 62.3. The Morgan fingerprint density at radius 2 is 1.27 bits per heavy atom. The molecule has 0 radical (unpaired) electrons. The number of nitrogens with one attached hydrogen (secondary N) is 3. The number of hydrogen-bond donors (Lipinski definition) is 8. The minimum atomic E-state index is -1.61. The minimum absolute atomic E-state index is 0.00257. The highest BCUT2D eigenvalue weighted by atomic mass is 16.4. The van der Waals surface area contributed by atoms with Gasteiger partial charge >= 0.3 is 11.9 Å². The molecule has 3 amide bonds. The van der Waals surface area contributed by atoms with Crippen LogP contribution in [0.3, 0.4) is 0 Å². The third-order valence-electron chi connectivity index (χ3n) is 6.22. The number of carbonyl (C=O) groups excluding carboxylic acids is 3. The van der Waals surface area contributed by atoms with Crippen LogP contribution in [0.2, 0.25) is 0 Å². The Kier molecular flexibility index (Phi) is 13.2. The number of carboxylic acids is 2. The summed E-state index contributed by atoms with van der Waals surface area (Å²) in [5.41, 5.74) is 12.8. The first kappa shape index (κ1) is 32.7. The van der Waals surface area contributed by atoms with Gasteiger partial charge in [-0.25, -0.2) is 4.79 Å². The van der Waals surface area contributed by atoms with Crippen molar-refractivity contribution in [2.24, 2.45) is 11.5 Å². The fraction of sp³-hybridized carbons (Fsp3) is 0.393. The summed E-state index contributed by atoms with van der Waals surface area (Å²) in [6.45, 7) is 0.338. The van der Waals surface area contributed by atoms with Gasteiger partial charge in [-0.05, 0) is 55.5 Å². The summed E-state index contributed by atoms with van der Waals surface area (Å²) >= 11 is 0. The second-order valence-electron chi connectivity index (χ2n) is 9.57. The smallest absolute Gasteiger partial charge is 0.326 e. The Balaban J connectivity index is 2.19. The molecule has 0 saturated heterocycles. The van der Waals surface area contributed by atoms with Crippen molar-refractivity contribution in [3.63, 3.8) is 0 Å². The van der Waals surface area contributed by atoms with Gasteiger partial charge in [-0.2, -0.15) is 0 Å². The normalized spacial score (nSPS) is 13.7. The molecule has 41 heavy (non-hydrogen) atoms. The predicted octanol–water partition coefficient (Wildman–Crippen LogP) is -0.353. The maximum Gasteiger partial charge on any atom is 0.326 e. The zero-order chi connectivity index (χ0) is 30.4. The lowest BCUT2D eigenvalue weighted by molar-refractivity contribution is -0.143. The van der Waals surface area contributed by atoms with Gasteiger partial charge in [-0.15, -0.1) is 0 Å². The maximum absolute atomic E-state index is 13.3. The third-order valence-corrected chi connectivity index (χ3v) is 6.22. The van der Waals surface area contributed by atoms with Gasteiger partial charge in [0.2, 0.25) is 17.7 Å². The second-order valence-corrected chi connectivity index (χ2v) is 9.57. The van der Waals surface area contributed by atoms with E-state index in [2.05, 4.69) is 16.0 Å². The van der Waals surface area contributed by atoms with Crippen LogP contribution in [0.25, 0.3) is 0 Å². The highest BCUT2D eigenvalue weighted by molar-refractivity contribution is 5.95. The van der Waals surface area contributed by atoms with Crippen molar-refractivity contribution in [1.29, 1.82) is 0 Å². The first-order chi connectivity index (χ1) is 19.5.